The summed E-state index contributed by atoms with van der Waals surface area (Å²) in [5.41, 5.74) is 1.05. The third-order valence-corrected chi connectivity index (χ3v) is 2.97. The van der Waals surface area contributed by atoms with Crippen LogP contribution in [0.15, 0.2) is 11.6 Å². The quantitative estimate of drug-likeness (QED) is 0.673. The second kappa shape index (κ2) is 4.60. The third kappa shape index (κ3) is 2.15. The summed E-state index contributed by atoms with van der Waals surface area (Å²) in [6.45, 7) is 3.63. The molecule has 1 saturated heterocycles. The molecule has 14 heavy (non-hydrogen) atoms. The number of nitrogens with one attached hydrogen (secondary N) is 1. The third-order valence-electron chi connectivity index (χ3n) is 2.97. The summed E-state index contributed by atoms with van der Waals surface area (Å²) >= 11 is 0. The number of rotatable bonds is 1. The van der Waals surface area contributed by atoms with E-state index in [1.165, 1.54) is 12.8 Å². The first kappa shape index (κ1) is 9.71. The van der Waals surface area contributed by atoms with Crippen LogP contribution >= 0.6 is 0 Å². The van der Waals surface area contributed by atoms with E-state index in [1.54, 1.807) is 0 Å². The Hall–Kier alpha value is -0.830. The number of piperazine rings is 1. The predicted molar refractivity (Wildman–Crippen MR) is 56.0 cm³/mol. The van der Waals surface area contributed by atoms with Crippen molar-refractivity contribution in [3.05, 3.63) is 11.6 Å². The van der Waals surface area contributed by atoms with Crippen LogP contribution in [0.2, 0.25) is 0 Å². The molecule has 0 aromatic heterocycles. The number of nitrogens with zero attached hydrogens (tertiary/aromatic N) is 1. The fourth-order valence-corrected chi connectivity index (χ4v) is 2.10. The molecule has 0 bridgehead atoms. The fraction of sp³-hybridized carbons (Fsp3) is 0.727. The number of hydrogen-bond acceptors (Lipinski definition) is 2. The number of carbonyl (C=O) groups is 1. The molecule has 0 aromatic rings. The summed E-state index contributed by atoms with van der Waals surface area (Å²) in [6, 6.07) is 0. The van der Waals surface area contributed by atoms with Crippen molar-refractivity contribution < 1.29 is 4.79 Å². The van der Waals surface area contributed by atoms with Gasteiger partial charge in [-0.3, -0.25) is 4.79 Å². The second-order valence-corrected chi connectivity index (χ2v) is 4.02. The van der Waals surface area contributed by atoms with Crippen molar-refractivity contribution in [2.24, 2.45) is 0 Å². The van der Waals surface area contributed by atoms with Crippen LogP contribution in [0.3, 0.4) is 0 Å². The van der Waals surface area contributed by atoms with E-state index in [4.69, 9.17) is 0 Å². The van der Waals surface area contributed by atoms with E-state index in [9.17, 15) is 4.79 Å². The van der Waals surface area contributed by atoms with Crippen LogP contribution in [-0.2, 0) is 4.79 Å². The summed E-state index contributed by atoms with van der Waals surface area (Å²) in [6.07, 6.45) is 6.64. The average molecular weight is 194 g/mol. The molecule has 78 valence electrons. The normalized spacial score (nSPS) is 23.1. The van der Waals surface area contributed by atoms with Crippen molar-refractivity contribution in [1.82, 2.24) is 10.2 Å². The Morgan fingerprint density at radius 3 is 2.71 bits per heavy atom. The summed E-state index contributed by atoms with van der Waals surface area (Å²) in [5, 5.41) is 3.26. The van der Waals surface area contributed by atoms with Crippen LogP contribution in [-0.4, -0.2) is 37.0 Å². The molecule has 1 fully saturated rings. The largest absolute Gasteiger partial charge is 0.336 e. The lowest BCUT2D eigenvalue weighted by Crippen LogP contribution is -2.47. The summed E-state index contributed by atoms with van der Waals surface area (Å²) in [7, 11) is 0. The van der Waals surface area contributed by atoms with Crippen LogP contribution in [0, 0.1) is 0 Å². The first-order valence-electron chi connectivity index (χ1n) is 5.57. The Kier molecular flexibility index (Phi) is 3.19. The van der Waals surface area contributed by atoms with Gasteiger partial charge in [0.15, 0.2) is 0 Å². The molecule has 0 spiro atoms. The first-order valence-corrected chi connectivity index (χ1v) is 5.57. The maximum atomic E-state index is 12.0. The Morgan fingerprint density at radius 2 is 2.07 bits per heavy atom. The van der Waals surface area contributed by atoms with Gasteiger partial charge in [-0.05, 0) is 25.7 Å². The van der Waals surface area contributed by atoms with Gasteiger partial charge in [0.05, 0.1) is 0 Å². The van der Waals surface area contributed by atoms with Gasteiger partial charge in [-0.2, -0.15) is 0 Å². The Morgan fingerprint density at radius 1 is 1.29 bits per heavy atom. The van der Waals surface area contributed by atoms with Gasteiger partial charge in [-0.25, -0.2) is 0 Å². The molecular formula is C11H18N2O. The molecule has 0 unspecified atom stereocenters. The lowest BCUT2D eigenvalue weighted by atomic mass is 9.98. The summed E-state index contributed by atoms with van der Waals surface area (Å²) < 4.78 is 0. The molecule has 3 nitrogen and oxygen atoms in total. The molecule has 0 aromatic carbocycles. The lowest BCUT2D eigenvalue weighted by molar-refractivity contribution is -0.127. The highest BCUT2D eigenvalue weighted by molar-refractivity contribution is 5.93. The van der Waals surface area contributed by atoms with E-state index >= 15 is 0 Å². The molecule has 1 N–H and O–H groups in total. The molecule has 0 radical (unpaired) electrons. The summed E-state index contributed by atoms with van der Waals surface area (Å²) in [4.78, 5) is 14.0. The zero-order valence-electron chi connectivity index (χ0n) is 8.59. The van der Waals surface area contributed by atoms with Gasteiger partial charge in [0.25, 0.3) is 0 Å². The van der Waals surface area contributed by atoms with Gasteiger partial charge in [0.2, 0.25) is 5.91 Å². The van der Waals surface area contributed by atoms with Crippen LogP contribution in [0.5, 0.6) is 0 Å². The molecule has 0 atom stereocenters. The molecule has 1 heterocycles. The van der Waals surface area contributed by atoms with Gasteiger partial charge < -0.3 is 10.2 Å². The summed E-state index contributed by atoms with van der Waals surface area (Å²) in [5.74, 6) is 0.284. The molecular weight excluding hydrogens is 176 g/mol. The molecule has 1 aliphatic carbocycles. The van der Waals surface area contributed by atoms with Gasteiger partial charge in [-0.15, -0.1) is 0 Å². The number of hydrogen-bond donors (Lipinski definition) is 1. The van der Waals surface area contributed by atoms with Gasteiger partial charge >= 0.3 is 0 Å². The van der Waals surface area contributed by atoms with Gasteiger partial charge in [-0.1, -0.05) is 6.08 Å². The smallest absolute Gasteiger partial charge is 0.249 e. The number of allylic oxidation sites excluding steroid dienone is 1. The fourth-order valence-electron chi connectivity index (χ4n) is 2.10. The Bertz CT molecular complexity index is 242. The number of amides is 1. The molecule has 3 heteroatoms. The predicted octanol–water partition coefficient (Wildman–Crippen LogP) is 0.919. The lowest BCUT2D eigenvalue weighted by Gasteiger charge is -2.29. The van der Waals surface area contributed by atoms with Crippen molar-refractivity contribution in [2.75, 3.05) is 26.2 Å². The van der Waals surface area contributed by atoms with E-state index in [2.05, 4.69) is 11.4 Å². The van der Waals surface area contributed by atoms with E-state index in [0.29, 0.717) is 0 Å². The van der Waals surface area contributed by atoms with Crippen LogP contribution in [0.1, 0.15) is 25.7 Å². The molecule has 1 amide bonds. The zero-order valence-corrected chi connectivity index (χ0v) is 8.59. The Labute approximate surface area is 85.2 Å². The topological polar surface area (TPSA) is 32.3 Å². The van der Waals surface area contributed by atoms with Crippen molar-refractivity contribution in [3.63, 3.8) is 0 Å². The van der Waals surface area contributed by atoms with Gasteiger partial charge in [0, 0.05) is 31.8 Å². The highest BCUT2D eigenvalue weighted by Crippen LogP contribution is 2.19. The van der Waals surface area contributed by atoms with E-state index in [-0.39, 0.29) is 5.91 Å². The molecule has 2 rings (SSSR count). The van der Waals surface area contributed by atoms with Crippen LogP contribution in [0.25, 0.3) is 0 Å². The van der Waals surface area contributed by atoms with Gasteiger partial charge in [0.1, 0.15) is 0 Å². The minimum absolute atomic E-state index is 0.284. The van der Waals surface area contributed by atoms with E-state index < -0.39 is 0 Å². The highest BCUT2D eigenvalue weighted by Gasteiger charge is 2.20. The minimum atomic E-state index is 0.284. The van der Waals surface area contributed by atoms with Crippen molar-refractivity contribution in [3.8, 4) is 0 Å². The zero-order chi connectivity index (χ0) is 9.80. The second-order valence-electron chi connectivity index (χ2n) is 4.02. The molecule has 0 saturated carbocycles. The maximum absolute atomic E-state index is 12.0. The Balaban J connectivity index is 1.95. The molecule has 2 aliphatic rings. The highest BCUT2D eigenvalue weighted by atomic mass is 16.2. The average Bonchev–Trinajstić information content (AvgIpc) is 2.30. The molecule has 1 aliphatic heterocycles. The van der Waals surface area contributed by atoms with Crippen LogP contribution < -0.4 is 5.32 Å². The van der Waals surface area contributed by atoms with Crippen molar-refractivity contribution in [2.45, 2.75) is 25.7 Å². The maximum Gasteiger partial charge on any atom is 0.249 e. The monoisotopic (exact) mass is 194 g/mol. The van der Waals surface area contributed by atoms with Crippen molar-refractivity contribution >= 4 is 5.91 Å². The van der Waals surface area contributed by atoms with E-state index in [0.717, 1.165) is 44.6 Å². The first-order chi connectivity index (χ1) is 6.88. The van der Waals surface area contributed by atoms with Crippen LogP contribution in [0.4, 0.5) is 0 Å². The number of carbonyl (C=O) groups excluding carboxylic acids is 1. The standard InChI is InChI=1S/C11H18N2O/c14-11(10-4-2-1-3-5-10)13-8-6-12-7-9-13/h4,12H,1-3,5-9H2. The SMILES string of the molecule is O=C(C1=CCCCC1)N1CCNCC1. The minimum Gasteiger partial charge on any atom is -0.336 e. The van der Waals surface area contributed by atoms with E-state index in [1.807, 2.05) is 4.90 Å². The van der Waals surface area contributed by atoms with Crippen molar-refractivity contribution in [1.29, 1.82) is 0 Å².